The fourth-order valence-corrected chi connectivity index (χ4v) is 1.13. The number of nitrogen functional groups attached to an aromatic ring is 1. The molecule has 0 bridgehead atoms. The molecule has 0 saturated carbocycles. The van der Waals surface area contributed by atoms with Crippen molar-refractivity contribution in [3.63, 3.8) is 0 Å². The van der Waals surface area contributed by atoms with Crippen molar-refractivity contribution in [2.24, 2.45) is 0 Å². The Morgan fingerprint density at radius 2 is 2.43 bits per heavy atom. The molecule has 1 aromatic heterocycles. The van der Waals surface area contributed by atoms with Crippen LogP contribution in [0.1, 0.15) is 19.0 Å². The number of hydrogen-bond acceptors (Lipinski definition) is 3. The highest BCUT2D eigenvalue weighted by atomic mass is 16.5. The van der Waals surface area contributed by atoms with Crippen LogP contribution < -0.4 is 15.3 Å². The molecular formula is C10H14N3O+. The lowest BCUT2D eigenvalue weighted by Gasteiger charge is -2.05. The number of nitriles is 1. The molecule has 4 heteroatoms. The summed E-state index contributed by atoms with van der Waals surface area (Å²) in [5.41, 5.74) is 0.712. The third-order valence-electron chi connectivity index (χ3n) is 1.80. The maximum Gasteiger partial charge on any atom is 0.266 e. The second kappa shape index (κ2) is 5.07. The highest BCUT2D eigenvalue weighted by Crippen LogP contribution is 2.13. The molecule has 0 aromatic carbocycles. The molecule has 4 nitrogen and oxygen atoms in total. The summed E-state index contributed by atoms with van der Waals surface area (Å²) in [6.07, 6.45) is 2.90. The molecule has 0 unspecified atom stereocenters. The maximum atomic E-state index is 8.62. The first-order valence-electron chi connectivity index (χ1n) is 4.58. The van der Waals surface area contributed by atoms with Crippen molar-refractivity contribution >= 4 is 0 Å². The van der Waals surface area contributed by atoms with Crippen LogP contribution in [0.15, 0.2) is 18.3 Å². The molecule has 14 heavy (non-hydrogen) atoms. The smallest absolute Gasteiger partial charge is 0.266 e. The van der Waals surface area contributed by atoms with Gasteiger partial charge in [-0.2, -0.15) is 5.26 Å². The highest BCUT2D eigenvalue weighted by molar-refractivity contribution is 5.25. The predicted octanol–water partition coefficient (Wildman–Crippen LogP) is 0.543. The summed E-state index contributed by atoms with van der Waals surface area (Å²) >= 11 is 0. The first-order valence-corrected chi connectivity index (χ1v) is 4.58. The lowest BCUT2D eigenvalue weighted by atomic mass is 10.2. The summed E-state index contributed by atoms with van der Waals surface area (Å²) in [5.74, 6) is 6.36. The van der Waals surface area contributed by atoms with Gasteiger partial charge in [0.2, 0.25) is 0 Å². The fraction of sp³-hybridized carbons (Fsp3) is 0.400. The molecule has 0 aliphatic carbocycles. The van der Waals surface area contributed by atoms with Crippen LogP contribution in [0.4, 0.5) is 0 Å². The van der Waals surface area contributed by atoms with E-state index in [1.54, 1.807) is 12.3 Å². The lowest BCUT2D eigenvalue weighted by molar-refractivity contribution is -0.646. The van der Waals surface area contributed by atoms with E-state index in [9.17, 15) is 0 Å². The lowest BCUT2D eigenvalue weighted by Crippen LogP contribution is -2.48. The number of hydrogen-bond donors (Lipinski definition) is 1. The van der Waals surface area contributed by atoms with E-state index in [1.807, 2.05) is 13.0 Å². The normalized spacial score (nSPS) is 9.43. The number of ether oxygens (including phenoxy) is 1. The molecule has 0 aliphatic rings. The number of pyridine rings is 1. The Kier molecular flexibility index (Phi) is 3.74. The Balaban J connectivity index is 2.90. The number of aromatic nitrogens is 1. The van der Waals surface area contributed by atoms with Gasteiger partial charge in [-0.25, -0.2) is 5.84 Å². The topological polar surface area (TPSA) is 62.9 Å². The van der Waals surface area contributed by atoms with E-state index >= 15 is 0 Å². The van der Waals surface area contributed by atoms with Crippen molar-refractivity contribution in [1.82, 2.24) is 0 Å². The molecule has 0 spiro atoms. The molecular weight excluding hydrogens is 178 g/mol. The van der Waals surface area contributed by atoms with E-state index in [0.717, 1.165) is 6.42 Å². The van der Waals surface area contributed by atoms with Crippen LogP contribution in [-0.2, 0) is 6.42 Å². The molecule has 0 fully saturated rings. The zero-order valence-corrected chi connectivity index (χ0v) is 8.23. The number of rotatable bonds is 4. The Morgan fingerprint density at radius 3 is 3.07 bits per heavy atom. The van der Waals surface area contributed by atoms with E-state index < -0.39 is 0 Å². The average molecular weight is 192 g/mol. The summed E-state index contributed by atoms with van der Waals surface area (Å²) in [7, 11) is 0. The van der Waals surface area contributed by atoms with Crippen molar-refractivity contribution in [2.45, 2.75) is 19.8 Å². The second-order valence-corrected chi connectivity index (χ2v) is 2.91. The van der Waals surface area contributed by atoms with Crippen molar-refractivity contribution in [3.05, 3.63) is 24.0 Å². The van der Waals surface area contributed by atoms with Crippen molar-refractivity contribution < 1.29 is 9.41 Å². The van der Waals surface area contributed by atoms with Crippen LogP contribution in [0, 0.1) is 11.3 Å². The molecule has 1 rings (SSSR count). The van der Waals surface area contributed by atoms with Crippen LogP contribution in [0.3, 0.4) is 0 Å². The third-order valence-corrected chi connectivity index (χ3v) is 1.80. The van der Waals surface area contributed by atoms with Gasteiger partial charge >= 0.3 is 0 Å². The Bertz CT molecular complexity index is 344. The molecule has 0 aliphatic heterocycles. The zero-order valence-electron chi connectivity index (χ0n) is 8.23. The van der Waals surface area contributed by atoms with Gasteiger partial charge in [0.05, 0.1) is 12.7 Å². The SMILES string of the molecule is CCCOc1ccc[n+](N)c1CC#N. The van der Waals surface area contributed by atoms with Crippen LogP contribution >= 0.6 is 0 Å². The summed E-state index contributed by atoms with van der Waals surface area (Å²) in [6.45, 7) is 2.67. The molecule has 1 aromatic rings. The van der Waals surface area contributed by atoms with E-state index in [4.69, 9.17) is 15.8 Å². The highest BCUT2D eigenvalue weighted by Gasteiger charge is 2.14. The van der Waals surface area contributed by atoms with Gasteiger partial charge in [0.1, 0.15) is 6.42 Å². The van der Waals surface area contributed by atoms with Crippen LogP contribution in [0.5, 0.6) is 5.75 Å². The van der Waals surface area contributed by atoms with E-state index in [0.29, 0.717) is 18.1 Å². The van der Waals surface area contributed by atoms with Crippen LogP contribution in [0.25, 0.3) is 0 Å². The van der Waals surface area contributed by atoms with Gasteiger partial charge in [-0.05, 0) is 12.5 Å². The average Bonchev–Trinajstić information content (AvgIpc) is 2.19. The first kappa shape index (κ1) is 10.3. The summed E-state index contributed by atoms with van der Waals surface area (Å²) in [6, 6.07) is 5.68. The van der Waals surface area contributed by atoms with Crippen LogP contribution in [0.2, 0.25) is 0 Å². The maximum absolute atomic E-state index is 8.62. The summed E-state index contributed by atoms with van der Waals surface area (Å²) < 4.78 is 6.89. The predicted molar refractivity (Wildman–Crippen MR) is 51.9 cm³/mol. The fourth-order valence-electron chi connectivity index (χ4n) is 1.13. The third kappa shape index (κ3) is 2.36. The molecule has 1 heterocycles. The molecule has 0 saturated heterocycles. The van der Waals surface area contributed by atoms with E-state index in [-0.39, 0.29) is 6.42 Å². The molecule has 74 valence electrons. The zero-order chi connectivity index (χ0) is 10.4. The monoisotopic (exact) mass is 192 g/mol. The Hall–Kier alpha value is -1.76. The minimum absolute atomic E-state index is 0.260. The standard InChI is InChI=1S/C10H14N3O/c1-2-8-14-10-4-3-7-13(12)9(10)5-6-11/h3-4,7H,2,5,8,12H2,1H3/q+1. The van der Waals surface area contributed by atoms with Gasteiger partial charge in [0, 0.05) is 6.07 Å². The van der Waals surface area contributed by atoms with Crippen LogP contribution in [-0.4, -0.2) is 6.61 Å². The van der Waals surface area contributed by atoms with Gasteiger partial charge in [-0.15, -0.1) is 0 Å². The minimum atomic E-state index is 0.260. The van der Waals surface area contributed by atoms with Gasteiger partial charge in [-0.3, -0.25) is 0 Å². The summed E-state index contributed by atoms with van der Waals surface area (Å²) in [5, 5.41) is 8.62. The van der Waals surface area contributed by atoms with E-state index in [1.165, 1.54) is 4.68 Å². The molecule has 2 N–H and O–H groups in total. The second-order valence-electron chi connectivity index (χ2n) is 2.91. The minimum Gasteiger partial charge on any atom is -0.487 e. The summed E-state index contributed by atoms with van der Waals surface area (Å²) in [4.78, 5) is 0. The largest absolute Gasteiger partial charge is 0.487 e. The molecule has 0 amide bonds. The van der Waals surface area contributed by atoms with Gasteiger partial charge < -0.3 is 4.74 Å². The first-order chi connectivity index (χ1) is 6.79. The van der Waals surface area contributed by atoms with Gasteiger partial charge in [-0.1, -0.05) is 11.6 Å². The van der Waals surface area contributed by atoms with Gasteiger partial charge in [0.15, 0.2) is 11.9 Å². The van der Waals surface area contributed by atoms with Crippen molar-refractivity contribution in [1.29, 1.82) is 5.26 Å². The molecule has 0 radical (unpaired) electrons. The Labute approximate surface area is 83.5 Å². The quantitative estimate of drug-likeness (QED) is 0.559. The number of nitrogens with zero attached hydrogens (tertiary/aromatic N) is 2. The van der Waals surface area contributed by atoms with Crippen molar-refractivity contribution in [3.8, 4) is 11.8 Å². The van der Waals surface area contributed by atoms with E-state index in [2.05, 4.69) is 6.07 Å². The molecule has 0 atom stereocenters. The van der Waals surface area contributed by atoms with Gasteiger partial charge in [0.25, 0.3) is 5.69 Å². The Morgan fingerprint density at radius 1 is 1.64 bits per heavy atom. The number of nitrogens with two attached hydrogens (primary N) is 1. The van der Waals surface area contributed by atoms with Crippen molar-refractivity contribution in [2.75, 3.05) is 12.4 Å².